The SMILES string of the molecule is Cc1nc(N2CCN(c3ccc(F)cc3)CC2)nc2c1ccc(=O)n2-c1ccc(C(=O)NCc2ccccc2)cc1. The van der Waals surface area contributed by atoms with Crippen molar-refractivity contribution in [1.29, 1.82) is 0 Å². The number of amides is 1. The van der Waals surface area contributed by atoms with Crippen LogP contribution in [0.1, 0.15) is 21.6 Å². The first kappa shape index (κ1) is 26.2. The number of nitrogens with one attached hydrogen (secondary N) is 1. The number of aromatic nitrogens is 3. The minimum Gasteiger partial charge on any atom is -0.368 e. The second-order valence-corrected chi connectivity index (χ2v) is 10.0. The van der Waals surface area contributed by atoms with Crippen LogP contribution in [0.25, 0.3) is 16.7 Å². The van der Waals surface area contributed by atoms with E-state index in [1.54, 1.807) is 47.0 Å². The fraction of sp³-hybridized carbons (Fsp3) is 0.188. The zero-order valence-corrected chi connectivity index (χ0v) is 22.6. The number of piperazine rings is 1. The molecule has 9 heteroatoms. The molecular formula is C32H29FN6O2. The molecule has 3 aromatic carbocycles. The van der Waals surface area contributed by atoms with Gasteiger partial charge in [-0.15, -0.1) is 0 Å². The highest BCUT2D eigenvalue weighted by Gasteiger charge is 2.21. The van der Waals surface area contributed by atoms with Gasteiger partial charge in [-0.2, -0.15) is 4.98 Å². The van der Waals surface area contributed by atoms with Crippen LogP contribution >= 0.6 is 0 Å². The van der Waals surface area contributed by atoms with E-state index in [1.807, 2.05) is 37.3 Å². The summed E-state index contributed by atoms with van der Waals surface area (Å²) in [7, 11) is 0. The van der Waals surface area contributed by atoms with Gasteiger partial charge in [0.1, 0.15) is 5.82 Å². The molecule has 41 heavy (non-hydrogen) atoms. The van der Waals surface area contributed by atoms with Crippen molar-refractivity contribution < 1.29 is 9.18 Å². The number of halogens is 1. The molecule has 1 saturated heterocycles. The fourth-order valence-corrected chi connectivity index (χ4v) is 5.10. The Morgan fingerprint density at radius 1 is 0.805 bits per heavy atom. The number of hydrogen-bond donors (Lipinski definition) is 1. The lowest BCUT2D eigenvalue weighted by Gasteiger charge is -2.36. The molecule has 3 heterocycles. The standard InChI is InChI=1S/C32H29FN6O2/c1-22-28-15-16-29(40)39(27-11-7-24(8-12-27)31(41)34-21-23-5-3-2-4-6-23)30(28)36-32(35-22)38-19-17-37(18-20-38)26-13-9-25(33)10-14-26/h2-16H,17-21H2,1H3,(H,34,41). The summed E-state index contributed by atoms with van der Waals surface area (Å²) >= 11 is 0. The number of benzene rings is 3. The van der Waals surface area contributed by atoms with Crippen LogP contribution in [0, 0.1) is 12.7 Å². The van der Waals surface area contributed by atoms with Crippen molar-refractivity contribution >= 4 is 28.6 Å². The van der Waals surface area contributed by atoms with Gasteiger partial charge in [-0.25, -0.2) is 9.37 Å². The van der Waals surface area contributed by atoms with Crippen molar-refractivity contribution in [3.63, 3.8) is 0 Å². The summed E-state index contributed by atoms with van der Waals surface area (Å²) in [6, 6.07) is 26.5. The summed E-state index contributed by atoms with van der Waals surface area (Å²) in [6.45, 7) is 5.19. The van der Waals surface area contributed by atoms with E-state index in [2.05, 4.69) is 15.1 Å². The number of carbonyl (C=O) groups excluding carboxylic acids is 1. The molecule has 0 unspecified atom stereocenters. The van der Waals surface area contributed by atoms with E-state index in [0.717, 1.165) is 35.4 Å². The lowest BCUT2D eigenvalue weighted by Crippen LogP contribution is -2.47. The topological polar surface area (TPSA) is 83.4 Å². The summed E-state index contributed by atoms with van der Waals surface area (Å²) < 4.78 is 14.9. The molecule has 0 atom stereocenters. The van der Waals surface area contributed by atoms with Crippen LogP contribution in [0.2, 0.25) is 0 Å². The Morgan fingerprint density at radius 3 is 2.17 bits per heavy atom. The van der Waals surface area contributed by atoms with Crippen LogP contribution in [-0.2, 0) is 6.54 Å². The molecule has 5 aromatic rings. The Bertz CT molecular complexity index is 1750. The Hall–Kier alpha value is -5.05. The molecule has 1 N–H and O–H groups in total. The highest BCUT2D eigenvalue weighted by molar-refractivity contribution is 5.94. The molecule has 0 radical (unpaired) electrons. The summed E-state index contributed by atoms with van der Waals surface area (Å²) in [5.74, 6) is 0.121. The molecule has 206 valence electrons. The first-order chi connectivity index (χ1) is 20.0. The highest BCUT2D eigenvalue weighted by atomic mass is 19.1. The van der Waals surface area contributed by atoms with E-state index >= 15 is 0 Å². The lowest BCUT2D eigenvalue weighted by atomic mass is 10.1. The average molecular weight is 549 g/mol. The number of hydrogen-bond acceptors (Lipinski definition) is 6. The molecule has 2 aromatic heterocycles. The quantitative estimate of drug-likeness (QED) is 0.337. The Labute approximate surface area is 236 Å². The fourth-order valence-electron chi connectivity index (χ4n) is 5.10. The van der Waals surface area contributed by atoms with Crippen LogP contribution in [0.15, 0.2) is 95.8 Å². The number of pyridine rings is 1. The first-order valence-corrected chi connectivity index (χ1v) is 13.5. The Kier molecular flexibility index (Phi) is 7.16. The summed E-state index contributed by atoms with van der Waals surface area (Å²) in [5, 5.41) is 3.71. The van der Waals surface area contributed by atoms with Crippen LogP contribution < -0.4 is 20.7 Å². The van der Waals surface area contributed by atoms with Crippen molar-refractivity contribution in [3.05, 3.63) is 124 Å². The van der Waals surface area contributed by atoms with E-state index < -0.39 is 0 Å². The molecule has 6 rings (SSSR count). The number of nitrogens with zero attached hydrogens (tertiary/aromatic N) is 5. The maximum atomic E-state index is 13.3. The third kappa shape index (κ3) is 5.51. The average Bonchev–Trinajstić information content (AvgIpc) is 3.01. The molecule has 1 aliphatic heterocycles. The number of rotatable bonds is 6. The summed E-state index contributed by atoms with van der Waals surface area (Å²) in [5.41, 5.74) is 4.19. The summed E-state index contributed by atoms with van der Waals surface area (Å²) in [6.07, 6.45) is 0. The van der Waals surface area contributed by atoms with Crippen molar-refractivity contribution in [3.8, 4) is 5.69 Å². The molecule has 8 nitrogen and oxygen atoms in total. The number of anilines is 2. The second kappa shape index (κ2) is 11.2. The monoisotopic (exact) mass is 548 g/mol. The van der Waals surface area contributed by atoms with Gasteiger partial charge in [0, 0.05) is 55.4 Å². The minimum absolute atomic E-state index is 0.189. The largest absolute Gasteiger partial charge is 0.368 e. The van der Waals surface area contributed by atoms with Gasteiger partial charge in [-0.3, -0.25) is 14.2 Å². The van der Waals surface area contributed by atoms with E-state index in [4.69, 9.17) is 9.97 Å². The highest BCUT2D eigenvalue weighted by Crippen LogP contribution is 2.23. The number of aryl methyl sites for hydroxylation is 1. The van der Waals surface area contributed by atoms with Crippen molar-refractivity contribution in [2.75, 3.05) is 36.0 Å². The van der Waals surface area contributed by atoms with Crippen molar-refractivity contribution in [2.24, 2.45) is 0 Å². The molecule has 0 bridgehead atoms. The van der Waals surface area contributed by atoms with Gasteiger partial charge < -0.3 is 15.1 Å². The van der Waals surface area contributed by atoms with Crippen LogP contribution in [0.4, 0.5) is 16.0 Å². The van der Waals surface area contributed by atoms with E-state index in [0.29, 0.717) is 42.5 Å². The smallest absolute Gasteiger partial charge is 0.256 e. The molecule has 0 aliphatic carbocycles. The van der Waals surface area contributed by atoms with Crippen LogP contribution in [0.3, 0.4) is 0 Å². The van der Waals surface area contributed by atoms with Gasteiger partial charge in [0.25, 0.3) is 11.5 Å². The maximum Gasteiger partial charge on any atom is 0.256 e. The molecular weight excluding hydrogens is 519 g/mol. The summed E-state index contributed by atoms with van der Waals surface area (Å²) in [4.78, 5) is 39.8. The zero-order valence-electron chi connectivity index (χ0n) is 22.6. The minimum atomic E-state index is -0.251. The Balaban J connectivity index is 1.24. The Morgan fingerprint density at radius 2 is 1.46 bits per heavy atom. The van der Waals surface area contributed by atoms with Crippen molar-refractivity contribution in [2.45, 2.75) is 13.5 Å². The molecule has 1 amide bonds. The van der Waals surface area contributed by atoms with Gasteiger partial charge in [0.2, 0.25) is 5.95 Å². The van der Waals surface area contributed by atoms with Crippen LogP contribution in [-0.4, -0.2) is 46.6 Å². The van der Waals surface area contributed by atoms with Gasteiger partial charge in [-0.1, -0.05) is 30.3 Å². The molecule has 1 fully saturated rings. The predicted molar refractivity (Wildman–Crippen MR) is 158 cm³/mol. The van der Waals surface area contributed by atoms with Gasteiger partial charge >= 0.3 is 0 Å². The number of carbonyl (C=O) groups is 1. The first-order valence-electron chi connectivity index (χ1n) is 13.5. The van der Waals surface area contributed by atoms with Crippen molar-refractivity contribution in [1.82, 2.24) is 19.9 Å². The number of fused-ring (bicyclic) bond motifs is 1. The zero-order chi connectivity index (χ0) is 28.3. The third-order valence-electron chi connectivity index (χ3n) is 7.37. The third-order valence-corrected chi connectivity index (χ3v) is 7.37. The van der Waals surface area contributed by atoms with Gasteiger partial charge in [0.15, 0.2) is 5.65 Å². The normalized spacial score (nSPS) is 13.4. The predicted octanol–water partition coefficient (Wildman–Crippen LogP) is 4.48. The molecule has 0 spiro atoms. The molecule has 0 saturated carbocycles. The van der Waals surface area contributed by atoms with Gasteiger partial charge in [-0.05, 0) is 67.1 Å². The van der Waals surface area contributed by atoms with E-state index in [9.17, 15) is 14.0 Å². The second-order valence-electron chi connectivity index (χ2n) is 10.0. The van der Waals surface area contributed by atoms with Crippen LogP contribution in [0.5, 0.6) is 0 Å². The maximum absolute atomic E-state index is 13.3. The van der Waals surface area contributed by atoms with E-state index in [-0.39, 0.29) is 17.3 Å². The lowest BCUT2D eigenvalue weighted by molar-refractivity contribution is 0.0951. The van der Waals surface area contributed by atoms with E-state index in [1.165, 1.54) is 18.2 Å². The van der Waals surface area contributed by atoms with Gasteiger partial charge in [0.05, 0.1) is 11.4 Å². The molecule has 1 aliphatic rings.